The summed E-state index contributed by atoms with van der Waals surface area (Å²) in [5, 5.41) is 3.78. The first-order valence-electron chi connectivity index (χ1n) is 8.75. The number of benzene rings is 1. The summed E-state index contributed by atoms with van der Waals surface area (Å²) in [6.45, 7) is 6.93. The lowest BCUT2D eigenvalue weighted by Crippen LogP contribution is -2.34. The number of hydrogen-bond acceptors (Lipinski definition) is 4. The van der Waals surface area contributed by atoms with Crippen molar-refractivity contribution in [3.05, 3.63) is 51.3 Å². The topological polar surface area (TPSA) is 64.4 Å². The molecule has 2 aromatic rings. The molecule has 3 rings (SSSR count). The fourth-order valence-corrected chi connectivity index (χ4v) is 3.37. The molecule has 0 N–H and O–H groups in total. The summed E-state index contributed by atoms with van der Waals surface area (Å²) in [6.07, 6.45) is -5.34. The van der Waals surface area contributed by atoms with Crippen molar-refractivity contribution < 1.29 is 27.5 Å². The largest absolute Gasteiger partial charge is 0.444 e. The van der Waals surface area contributed by atoms with E-state index in [9.17, 15) is 22.8 Å². The standard InChI is InChI=1S/C19H19ClF3N3O3/c1-10-11-8-25(17(28)29-18(2,3)4)9-14(11)26(24-10)16(27)15-12(19(21,22)23)6-5-7-13(15)20/h5-7H,8-9H2,1-4H3. The van der Waals surface area contributed by atoms with Crippen LogP contribution in [0, 0.1) is 6.92 Å². The molecule has 0 saturated carbocycles. The van der Waals surface area contributed by atoms with Crippen molar-refractivity contribution in [1.82, 2.24) is 14.7 Å². The molecule has 0 unspecified atom stereocenters. The highest BCUT2D eigenvalue weighted by molar-refractivity contribution is 6.34. The van der Waals surface area contributed by atoms with Gasteiger partial charge in [-0.25, -0.2) is 4.79 Å². The number of carbonyl (C=O) groups is 2. The van der Waals surface area contributed by atoms with Gasteiger partial charge >= 0.3 is 12.3 Å². The molecule has 0 radical (unpaired) electrons. The number of carbonyl (C=O) groups excluding carboxylic acids is 2. The Morgan fingerprint density at radius 3 is 2.41 bits per heavy atom. The van der Waals surface area contributed by atoms with Crippen molar-refractivity contribution >= 4 is 23.6 Å². The molecule has 0 bridgehead atoms. The molecule has 0 atom stereocenters. The molecule has 6 nitrogen and oxygen atoms in total. The van der Waals surface area contributed by atoms with Gasteiger partial charge in [-0.1, -0.05) is 17.7 Å². The zero-order valence-corrected chi connectivity index (χ0v) is 17.0. The lowest BCUT2D eigenvalue weighted by atomic mass is 10.1. The van der Waals surface area contributed by atoms with Gasteiger partial charge in [0.1, 0.15) is 5.60 Å². The maximum Gasteiger partial charge on any atom is 0.417 e. The number of rotatable bonds is 1. The van der Waals surface area contributed by atoms with Crippen molar-refractivity contribution in [2.24, 2.45) is 0 Å². The normalized spacial score (nSPS) is 14.1. The van der Waals surface area contributed by atoms with Crippen LogP contribution in [0.15, 0.2) is 18.2 Å². The SMILES string of the molecule is Cc1nn(C(=O)c2c(Cl)cccc2C(F)(F)F)c2c1CN(C(=O)OC(C)(C)C)C2. The maximum absolute atomic E-state index is 13.4. The smallest absolute Gasteiger partial charge is 0.417 e. The van der Waals surface area contributed by atoms with Gasteiger partial charge in [-0.15, -0.1) is 0 Å². The van der Waals surface area contributed by atoms with Crippen LogP contribution in [-0.4, -0.2) is 32.3 Å². The van der Waals surface area contributed by atoms with Crippen LogP contribution < -0.4 is 0 Å². The summed E-state index contributed by atoms with van der Waals surface area (Å²) in [6, 6.07) is 3.14. The predicted molar refractivity (Wildman–Crippen MR) is 98.6 cm³/mol. The molecule has 156 valence electrons. The third-order valence-electron chi connectivity index (χ3n) is 4.36. The van der Waals surface area contributed by atoms with E-state index in [2.05, 4.69) is 5.10 Å². The molecule has 1 aromatic carbocycles. The van der Waals surface area contributed by atoms with E-state index in [-0.39, 0.29) is 18.1 Å². The fraction of sp³-hybridized carbons (Fsp3) is 0.421. The van der Waals surface area contributed by atoms with Crippen LogP contribution in [0.5, 0.6) is 0 Å². The Morgan fingerprint density at radius 1 is 1.17 bits per heavy atom. The number of alkyl halides is 3. The van der Waals surface area contributed by atoms with E-state index in [0.29, 0.717) is 17.0 Å². The molecular formula is C19H19ClF3N3O3. The number of fused-ring (bicyclic) bond motifs is 1. The highest BCUT2D eigenvalue weighted by Gasteiger charge is 2.39. The third-order valence-corrected chi connectivity index (χ3v) is 4.67. The Balaban J connectivity index is 1.99. The average molecular weight is 430 g/mol. The monoisotopic (exact) mass is 429 g/mol. The minimum atomic E-state index is -4.76. The Morgan fingerprint density at radius 2 is 1.83 bits per heavy atom. The minimum absolute atomic E-state index is 0.0113. The van der Waals surface area contributed by atoms with Gasteiger partial charge in [-0.2, -0.15) is 23.0 Å². The van der Waals surface area contributed by atoms with Crippen LogP contribution >= 0.6 is 11.6 Å². The lowest BCUT2D eigenvalue weighted by molar-refractivity contribution is -0.137. The molecule has 0 fully saturated rings. The van der Waals surface area contributed by atoms with Gasteiger partial charge in [0.25, 0.3) is 5.91 Å². The van der Waals surface area contributed by atoms with Crippen LogP contribution in [0.4, 0.5) is 18.0 Å². The molecule has 1 aromatic heterocycles. The number of ether oxygens (including phenoxy) is 1. The highest BCUT2D eigenvalue weighted by atomic mass is 35.5. The Bertz CT molecular complexity index is 993. The zero-order valence-electron chi connectivity index (χ0n) is 16.2. The van der Waals surface area contributed by atoms with Gasteiger partial charge in [0, 0.05) is 5.56 Å². The van der Waals surface area contributed by atoms with Gasteiger partial charge in [-0.3, -0.25) is 9.69 Å². The summed E-state index contributed by atoms with van der Waals surface area (Å²) in [7, 11) is 0. The van der Waals surface area contributed by atoms with Gasteiger partial charge < -0.3 is 4.74 Å². The third kappa shape index (κ3) is 4.10. The van der Waals surface area contributed by atoms with E-state index in [1.807, 2.05) is 0 Å². The molecular weight excluding hydrogens is 411 g/mol. The second-order valence-electron chi connectivity index (χ2n) is 7.72. The molecule has 1 amide bonds. The van der Waals surface area contributed by atoms with Gasteiger partial charge in [0.2, 0.25) is 0 Å². The lowest BCUT2D eigenvalue weighted by Gasteiger charge is -2.24. The van der Waals surface area contributed by atoms with Crippen LogP contribution in [0.3, 0.4) is 0 Å². The first kappa shape index (κ1) is 21.2. The molecule has 2 heterocycles. The second kappa shape index (κ2) is 7.05. The number of hydrogen-bond donors (Lipinski definition) is 0. The Kier molecular flexibility index (Phi) is 5.15. The van der Waals surface area contributed by atoms with Crippen molar-refractivity contribution in [2.45, 2.75) is 52.6 Å². The second-order valence-corrected chi connectivity index (χ2v) is 8.13. The van der Waals surface area contributed by atoms with Crippen LogP contribution in [0.2, 0.25) is 5.02 Å². The molecule has 29 heavy (non-hydrogen) atoms. The first-order valence-corrected chi connectivity index (χ1v) is 9.13. The van der Waals surface area contributed by atoms with Gasteiger partial charge in [-0.05, 0) is 39.8 Å². The molecule has 0 saturated heterocycles. The van der Waals surface area contributed by atoms with Crippen molar-refractivity contribution in [2.75, 3.05) is 0 Å². The summed E-state index contributed by atoms with van der Waals surface area (Å²) < 4.78 is 46.4. The van der Waals surface area contributed by atoms with Crippen LogP contribution in [0.1, 0.15) is 53.6 Å². The summed E-state index contributed by atoms with van der Waals surface area (Å²) in [5.41, 5.74) is -1.14. The predicted octanol–water partition coefficient (Wildman–Crippen LogP) is 4.80. The average Bonchev–Trinajstić information content (AvgIpc) is 3.13. The fourth-order valence-electron chi connectivity index (χ4n) is 3.11. The molecule has 10 heteroatoms. The van der Waals surface area contributed by atoms with E-state index in [1.165, 1.54) is 11.0 Å². The summed E-state index contributed by atoms with van der Waals surface area (Å²) >= 11 is 5.94. The molecule has 1 aliphatic rings. The molecule has 1 aliphatic heterocycles. The van der Waals surface area contributed by atoms with Crippen LogP contribution in [-0.2, 0) is 24.0 Å². The zero-order chi connectivity index (χ0) is 21.7. The molecule has 0 aliphatic carbocycles. The first-order chi connectivity index (χ1) is 13.3. The van der Waals surface area contributed by atoms with Crippen molar-refractivity contribution in [3.63, 3.8) is 0 Å². The number of halogens is 4. The summed E-state index contributed by atoms with van der Waals surface area (Å²) in [5.74, 6) is -1.00. The summed E-state index contributed by atoms with van der Waals surface area (Å²) in [4.78, 5) is 26.7. The molecule has 0 spiro atoms. The number of aryl methyl sites for hydroxylation is 1. The van der Waals surface area contributed by atoms with E-state index in [0.717, 1.165) is 16.8 Å². The Hall–Kier alpha value is -2.55. The van der Waals surface area contributed by atoms with Gasteiger partial charge in [0.15, 0.2) is 0 Å². The number of aromatic nitrogens is 2. The van der Waals surface area contributed by atoms with Gasteiger partial charge in [0.05, 0.1) is 40.6 Å². The maximum atomic E-state index is 13.4. The number of nitrogens with zero attached hydrogens (tertiary/aromatic N) is 3. The van der Waals surface area contributed by atoms with Crippen molar-refractivity contribution in [3.8, 4) is 0 Å². The van der Waals surface area contributed by atoms with E-state index < -0.39 is 34.9 Å². The minimum Gasteiger partial charge on any atom is -0.444 e. The highest BCUT2D eigenvalue weighted by Crippen LogP contribution is 2.36. The van der Waals surface area contributed by atoms with E-state index in [1.54, 1.807) is 27.7 Å². The quantitative estimate of drug-likeness (QED) is 0.653. The van der Waals surface area contributed by atoms with E-state index >= 15 is 0 Å². The van der Waals surface area contributed by atoms with Crippen LogP contribution in [0.25, 0.3) is 0 Å². The van der Waals surface area contributed by atoms with Crippen molar-refractivity contribution in [1.29, 1.82) is 0 Å². The Labute approximate surface area is 170 Å². The van der Waals surface area contributed by atoms with E-state index in [4.69, 9.17) is 16.3 Å². The number of amides is 1.